The molecule has 2 rings (SSSR count). The van der Waals surface area contributed by atoms with Gasteiger partial charge in [-0.1, -0.05) is 0 Å². The average Bonchev–Trinajstić information content (AvgIpc) is 2.48. The highest BCUT2D eigenvalue weighted by atomic mass is 19.1. The molecular formula is C19H21FN2O3. The fourth-order valence-electron chi connectivity index (χ4n) is 2.17. The van der Waals surface area contributed by atoms with Crippen LogP contribution in [0.1, 0.15) is 42.3 Å². The van der Waals surface area contributed by atoms with Gasteiger partial charge in [0, 0.05) is 18.2 Å². The summed E-state index contributed by atoms with van der Waals surface area (Å²) in [5, 5.41) is 2.54. The molecule has 0 unspecified atom stereocenters. The zero-order valence-electron chi connectivity index (χ0n) is 14.7. The minimum absolute atomic E-state index is 0.122. The van der Waals surface area contributed by atoms with Gasteiger partial charge in [0.25, 0.3) is 0 Å². The van der Waals surface area contributed by atoms with Crippen LogP contribution in [0.3, 0.4) is 0 Å². The molecule has 0 saturated heterocycles. The Balaban J connectivity index is 2.07. The Morgan fingerprint density at radius 2 is 1.92 bits per heavy atom. The molecule has 2 aromatic rings. The first-order valence-electron chi connectivity index (χ1n) is 7.88. The Morgan fingerprint density at radius 3 is 2.56 bits per heavy atom. The van der Waals surface area contributed by atoms with Gasteiger partial charge >= 0.3 is 6.09 Å². The molecule has 1 aromatic carbocycles. The summed E-state index contributed by atoms with van der Waals surface area (Å²) in [7, 11) is 0. The number of aromatic nitrogens is 1. The van der Waals surface area contributed by atoms with Crippen LogP contribution in [0.25, 0.3) is 0 Å². The van der Waals surface area contributed by atoms with Gasteiger partial charge in [-0.2, -0.15) is 0 Å². The minimum atomic E-state index is -0.613. The molecule has 5 nitrogen and oxygen atoms in total. The van der Waals surface area contributed by atoms with Crippen LogP contribution in [0, 0.1) is 12.7 Å². The number of amides is 1. The van der Waals surface area contributed by atoms with E-state index in [1.54, 1.807) is 39.8 Å². The fourth-order valence-corrected chi connectivity index (χ4v) is 2.17. The van der Waals surface area contributed by atoms with Gasteiger partial charge in [-0.3, -0.25) is 10.1 Å². The molecule has 1 heterocycles. The van der Waals surface area contributed by atoms with E-state index in [4.69, 9.17) is 4.74 Å². The molecule has 0 radical (unpaired) electrons. The Morgan fingerprint density at radius 1 is 1.20 bits per heavy atom. The van der Waals surface area contributed by atoms with Crippen LogP contribution in [0.15, 0.2) is 36.5 Å². The standard InChI is InChI=1S/C19H21FN2O3/c1-12-9-14(5-6-15(12)20)16(23)10-13-7-8-21-17(11-13)22-18(24)25-19(2,3)4/h5-9,11H,10H2,1-4H3,(H,21,22,24). The molecule has 0 fully saturated rings. The third-order valence-corrected chi connectivity index (χ3v) is 3.30. The van der Waals surface area contributed by atoms with Crippen LogP contribution < -0.4 is 5.32 Å². The SMILES string of the molecule is Cc1cc(C(=O)Cc2ccnc(NC(=O)OC(C)(C)C)c2)ccc1F. The molecule has 132 valence electrons. The first kappa shape index (κ1) is 18.6. The van der Waals surface area contributed by atoms with E-state index in [1.165, 1.54) is 24.4 Å². The molecule has 0 saturated carbocycles. The minimum Gasteiger partial charge on any atom is -0.444 e. The van der Waals surface area contributed by atoms with Crippen LogP contribution in [-0.4, -0.2) is 22.5 Å². The van der Waals surface area contributed by atoms with Gasteiger partial charge in [0.05, 0.1) is 0 Å². The summed E-state index contributed by atoms with van der Waals surface area (Å²) in [5.74, 6) is -0.184. The number of hydrogen-bond acceptors (Lipinski definition) is 4. The maximum atomic E-state index is 13.3. The number of carbonyl (C=O) groups excluding carboxylic acids is 2. The molecular weight excluding hydrogens is 323 g/mol. The zero-order valence-corrected chi connectivity index (χ0v) is 14.7. The third-order valence-electron chi connectivity index (χ3n) is 3.30. The van der Waals surface area contributed by atoms with Crippen LogP contribution >= 0.6 is 0 Å². The Hall–Kier alpha value is -2.76. The summed E-state index contributed by atoms with van der Waals surface area (Å²) in [6, 6.07) is 7.57. The Bertz CT molecular complexity index is 797. The van der Waals surface area contributed by atoms with Gasteiger partial charge < -0.3 is 4.74 Å². The van der Waals surface area contributed by atoms with Crippen molar-refractivity contribution in [2.45, 2.75) is 39.7 Å². The van der Waals surface area contributed by atoms with Crippen molar-refractivity contribution in [3.05, 3.63) is 59.0 Å². The summed E-state index contributed by atoms with van der Waals surface area (Å²) >= 11 is 0. The number of Topliss-reactive ketones (excluding diaryl/α,β-unsaturated/α-hetero) is 1. The highest BCUT2D eigenvalue weighted by Crippen LogP contribution is 2.15. The van der Waals surface area contributed by atoms with E-state index in [0.717, 1.165) is 0 Å². The van der Waals surface area contributed by atoms with E-state index in [2.05, 4.69) is 10.3 Å². The molecule has 25 heavy (non-hydrogen) atoms. The fraction of sp³-hybridized carbons (Fsp3) is 0.316. The molecule has 1 N–H and O–H groups in total. The number of hydrogen-bond donors (Lipinski definition) is 1. The van der Waals surface area contributed by atoms with Crippen molar-refractivity contribution in [2.75, 3.05) is 5.32 Å². The third kappa shape index (κ3) is 5.67. The van der Waals surface area contributed by atoms with E-state index in [1.807, 2.05) is 0 Å². The first-order chi connectivity index (χ1) is 11.6. The number of benzene rings is 1. The molecule has 1 aromatic heterocycles. The second-order valence-corrected chi connectivity index (χ2v) is 6.74. The molecule has 1 amide bonds. The van der Waals surface area contributed by atoms with Gasteiger partial charge in [0.1, 0.15) is 17.2 Å². The van der Waals surface area contributed by atoms with Crippen LogP contribution in [-0.2, 0) is 11.2 Å². The van der Waals surface area contributed by atoms with Gasteiger partial charge in [-0.15, -0.1) is 0 Å². The summed E-state index contributed by atoms with van der Waals surface area (Å²) in [6.45, 7) is 6.90. The predicted octanol–water partition coefficient (Wildman–Crippen LogP) is 4.30. The lowest BCUT2D eigenvalue weighted by molar-refractivity contribution is 0.0635. The Kier molecular flexibility index (Phi) is 5.51. The summed E-state index contributed by atoms with van der Waals surface area (Å²) in [5.41, 5.74) is 0.941. The lowest BCUT2D eigenvalue weighted by atomic mass is 10.0. The van der Waals surface area contributed by atoms with Crippen molar-refractivity contribution in [2.24, 2.45) is 0 Å². The number of nitrogens with one attached hydrogen (secondary N) is 1. The molecule has 0 spiro atoms. The maximum Gasteiger partial charge on any atom is 0.413 e. The monoisotopic (exact) mass is 344 g/mol. The van der Waals surface area contributed by atoms with Gasteiger partial charge in [0.15, 0.2) is 5.78 Å². The van der Waals surface area contributed by atoms with Crippen LogP contribution in [0.2, 0.25) is 0 Å². The van der Waals surface area contributed by atoms with Crippen molar-refractivity contribution in [1.82, 2.24) is 4.98 Å². The zero-order chi connectivity index (χ0) is 18.6. The number of halogens is 1. The maximum absolute atomic E-state index is 13.3. The highest BCUT2D eigenvalue weighted by molar-refractivity contribution is 5.97. The number of carbonyl (C=O) groups is 2. The van der Waals surface area contributed by atoms with E-state index in [0.29, 0.717) is 22.5 Å². The van der Waals surface area contributed by atoms with Crippen molar-refractivity contribution in [3.8, 4) is 0 Å². The summed E-state index contributed by atoms with van der Waals surface area (Å²) in [4.78, 5) is 28.2. The van der Waals surface area contributed by atoms with Crippen LogP contribution in [0.5, 0.6) is 0 Å². The largest absolute Gasteiger partial charge is 0.444 e. The van der Waals surface area contributed by atoms with E-state index < -0.39 is 11.7 Å². The van der Waals surface area contributed by atoms with Crippen molar-refractivity contribution in [1.29, 1.82) is 0 Å². The van der Waals surface area contributed by atoms with Gasteiger partial charge in [-0.25, -0.2) is 14.2 Å². The number of aryl methyl sites for hydroxylation is 1. The number of ether oxygens (including phenoxy) is 1. The summed E-state index contributed by atoms with van der Waals surface area (Å²) in [6.07, 6.45) is 1.01. The molecule has 0 aliphatic heterocycles. The molecule has 0 atom stereocenters. The topological polar surface area (TPSA) is 68.3 Å². The molecule has 0 bridgehead atoms. The molecule has 0 aliphatic rings. The number of anilines is 1. The van der Waals surface area contributed by atoms with E-state index >= 15 is 0 Å². The van der Waals surface area contributed by atoms with Crippen LogP contribution in [0.4, 0.5) is 15.0 Å². The number of pyridine rings is 1. The van der Waals surface area contributed by atoms with Crippen molar-refractivity contribution >= 4 is 17.7 Å². The average molecular weight is 344 g/mol. The highest BCUT2D eigenvalue weighted by Gasteiger charge is 2.17. The second kappa shape index (κ2) is 7.42. The smallest absolute Gasteiger partial charge is 0.413 e. The Labute approximate surface area is 146 Å². The lowest BCUT2D eigenvalue weighted by Crippen LogP contribution is -2.27. The van der Waals surface area contributed by atoms with Crippen molar-refractivity contribution in [3.63, 3.8) is 0 Å². The lowest BCUT2D eigenvalue weighted by Gasteiger charge is -2.19. The summed E-state index contributed by atoms with van der Waals surface area (Å²) < 4.78 is 18.5. The molecule has 0 aliphatic carbocycles. The second-order valence-electron chi connectivity index (χ2n) is 6.74. The van der Waals surface area contributed by atoms with E-state index in [-0.39, 0.29) is 18.0 Å². The number of ketones is 1. The quantitative estimate of drug-likeness (QED) is 0.840. The van der Waals surface area contributed by atoms with Gasteiger partial charge in [0.2, 0.25) is 0 Å². The normalized spacial score (nSPS) is 11.1. The molecule has 6 heteroatoms. The van der Waals surface area contributed by atoms with Gasteiger partial charge in [-0.05, 0) is 69.2 Å². The number of rotatable bonds is 4. The number of nitrogens with zero attached hydrogens (tertiary/aromatic N) is 1. The first-order valence-corrected chi connectivity index (χ1v) is 7.88. The predicted molar refractivity (Wildman–Crippen MR) is 93.3 cm³/mol. The van der Waals surface area contributed by atoms with Crippen molar-refractivity contribution < 1.29 is 18.7 Å². The van der Waals surface area contributed by atoms with E-state index in [9.17, 15) is 14.0 Å².